The number of anilines is 1. The van der Waals surface area contributed by atoms with Gasteiger partial charge in [0.25, 0.3) is 0 Å². The highest BCUT2D eigenvalue weighted by molar-refractivity contribution is 7.87. The molecule has 0 fully saturated rings. The number of urea groups is 1. The molecule has 0 bridgehead atoms. The zero-order chi connectivity index (χ0) is 26.3. The lowest BCUT2D eigenvalue weighted by Gasteiger charge is -2.25. The summed E-state index contributed by atoms with van der Waals surface area (Å²) >= 11 is 0. The Hall–Kier alpha value is -3.79. The first-order valence-electron chi connectivity index (χ1n) is 11.2. The molecule has 36 heavy (non-hydrogen) atoms. The van der Waals surface area contributed by atoms with Gasteiger partial charge in [-0.25, -0.2) is 9.18 Å². The normalized spacial score (nSPS) is 11.2. The van der Waals surface area contributed by atoms with Crippen molar-refractivity contribution in [3.8, 4) is 17.2 Å². The maximum Gasteiger partial charge on any atom is 0.339 e. The minimum absolute atomic E-state index is 0.103. The summed E-state index contributed by atoms with van der Waals surface area (Å²) in [5.74, 6) is 0.838. The quantitative estimate of drug-likeness (QED) is 0.368. The first-order chi connectivity index (χ1) is 17.1. The predicted molar refractivity (Wildman–Crippen MR) is 134 cm³/mol. The molecule has 10 heteroatoms. The number of hydrogen-bond donors (Lipinski definition) is 1. The fraction of sp³-hybridized carbons (Fsp3) is 0.269. The highest BCUT2D eigenvalue weighted by Crippen LogP contribution is 2.29. The van der Waals surface area contributed by atoms with Gasteiger partial charge in [0, 0.05) is 19.2 Å². The molecule has 0 unspecified atom stereocenters. The molecule has 0 heterocycles. The molecule has 3 aromatic rings. The maximum atomic E-state index is 13.1. The van der Waals surface area contributed by atoms with Crippen molar-refractivity contribution in [2.75, 3.05) is 26.1 Å². The van der Waals surface area contributed by atoms with Crippen molar-refractivity contribution in [2.45, 2.75) is 25.3 Å². The van der Waals surface area contributed by atoms with Gasteiger partial charge in [-0.15, -0.1) is 0 Å². The van der Waals surface area contributed by atoms with Gasteiger partial charge in [-0.3, -0.25) is 0 Å². The fourth-order valence-corrected chi connectivity index (χ4v) is 4.33. The SMILES string of the molecule is COc1ccc(NC(=O)N(Cc2ccc(OS(=O)(=O)c3ccc(F)cc3)cc2)CC(C)C)c(OC)c1. The molecule has 1 N–H and O–H groups in total. The van der Waals surface area contributed by atoms with Crippen LogP contribution < -0.4 is 19.0 Å². The molecular weight excluding hydrogens is 487 g/mol. The van der Waals surface area contributed by atoms with Crippen LogP contribution in [0.25, 0.3) is 0 Å². The van der Waals surface area contributed by atoms with E-state index in [0.29, 0.717) is 23.7 Å². The highest BCUT2D eigenvalue weighted by atomic mass is 32.2. The number of carbonyl (C=O) groups excluding carboxylic acids is 1. The molecule has 0 atom stereocenters. The number of amides is 2. The van der Waals surface area contributed by atoms with Crippen molar-refractivity contribution in [1.29, 1.82) is 0 Å². The molecule has 0 spiro atoms. The summed E-state index contributed by atoms with van der Waals surface area (Å²) in [6.45, 7) is 4.78. The number of methoxy groups -OCH3 is 2. The molecule has 0 aliphatic heterocycles. The minimum atomic E-state index is -4.10. The van der Waals surface area contributed by atoms with Gasteiger partial charge >= 0.3 is 16.1 Å². The summed E-state index contributed by atoms with van der Waals surface area (Å²) in [6, 6.07) is 15.6. The van der Waals surface area contributed by atoms with Crippen molar-refractivity contribution in [3.05, 3.63) is 78.1 Å². The summed E-state index contributed by atoms with van der Waals surface area (Å²) in [5, 5.41) is 2.88. The Balaban J connectivity index is 1.72. The van der Waals surface area contributed by atoms with Crippen molar-refractivity contribution in [1.82, 2.24) is 4.90 Å². The summed E-state index contributed by atoms with van der Waals surface area (Å²) in [6.07, 6.45) is 0. The van der Waals surface area contributed by atoms with Gasteiger partial charge < -0.3 is 23.9 Å². The van der Waals surface area contributed by atoms with Crippen LogP contribution in [-0.4, -0.2) is 40.1 Å². The van der Waals surface area contributed by atoms with Crippen molar-refractivity contribution >= 4 is 21.8 Å². The van der Waals surface area contributed by atoms with E-state index in [9.17, 15) is 17.6 Å². The van der Waals surface area contributed by atoms with Gasteiger partial charge in [0.15, 0.2) is 0 Å². The molecule has 0 aliphatic rings. The predicted octanol–water partition coefficient (Wildman–Crippen LogP) is 5.30. The van der Waals surface area contributed by atoms with Gasteiger partial charge in [-0.1, -0.05) is 26.0 Å². The first-order valence-corrected chi connectivity index (χ1v) is 12.6. The number of carbonyl (C=O) groups is 1. The van der Waals surface area contributed by atoms with Crippen LogP contribution in [-0.2, 0) is 16.7 Å². The van der Waals surface area contributed by atoms with Crippen LogP contribution in [0.2, 0.25) is 0 Å². The largest absolute Gasteiger partial charge is 0.497 e. The second kappa shape index (κ2) is 11.8. The van der Waals surface area contributed by atoms with E-state index in [2.05, 4.69) is 5.32 Å². The van der Waals surface area contributed by atoms with E-state index in [0.717, 1.165) is 29.8 Å². The second-order valence-electron chi connectivity index (χ2n) is 8.41. The van der Waals surface area contributed by atoms with Gasteiger partial charge in [0.1, 0.15) is 28.0 Å². The smallest absolute Gasteiger partial charge is 0.339 e. The van der Waals surface area contributed by atoms with E-state index in [4.69, 9.17) is 13.7 Å². The molecule has 0 aromatic heterocycles. The molecule has 3 rings (SSSR count). The Morgan fingerprint density at radius 3 is 2.17 bits per heavy atom. The maximum absolute atomic E-state index is 13.1. The average Bonchev–Trinajstić information content (AvgIpc) is 2.84. The summed E-state index contributed by atoms with van der Waals surface area (Å²) in [7, 11) is -1.05. The van der Waals surface area contributed by atoms with Crippen LogP contribution in [0.1, 0.15) is 19.4 Å². The molecular formula is C26H29FN2O6S. The Kier molecular flexibility index (Phi) is 8.76. The topological polar surface area (TPSA) is 94.2 Å². The molecule has 0 aliphatic carbocycles. The number of rotatable bonds is 10. The van der Waals surface area contributed by atoms with E-state index >= 15 is 0 Å². The monoisotopic (exact) mass is 516 g/mol. The summed E-state index contributed by atoms with van der Waals surface area (Å²) < 4.78 is 53.7. The number of nitrogens with one attached hydrogen (secondary N) is 1. The molecule has 0 saturated carbocycles. The van der Waals surface area contributed by atoms with Crippen LogP contribution in [0, 0.1) is 11.7 Å². The van der Waals surface area contributed by atoms with E-state index in [1.807, 2.05) is 13.8 Å². The second-order valence-corrected chi connectivity index (χ2v) is 9.95. The number of benzene rings is 3. The third kappa shape index (κ3) is 7.11. The van der Waals surface area contributed by atoms with Crippen LogP contribution in [0.3, 0.4) is 0 Å². The number of nitrogens with zero attached hydrogens (tertiary/aromatic N) is 1. The molecule has 0 radical (unpaired) electrons. The number of hydrogen-bond acceptors (Lipinski definition) is 6. The summed E-state index contributed by atoms with van der Waals surface area (Å²) in [4.78, 5) is 14.6. The van der Waals surface area contributed by atoms with E-state index in [1.54, 1.807) is 42.3 Å². The Labute approximate surface area is 210 Å². The minimum Gasteiger partial charge on any atom is -0.497 e. The first kappa shape index (κ1) is 26.8. The molecule has 0 saturated heterocycles. The molecule has 2 amide bonds. The van der Waals surface area contributed by atoms with Gasteiger partial charge in [-0.05, 0) is 60.0 Å². The van der Waals surface area contributed by atoms with Crippen molar-refractivity contribution in [2.24, 2.45) is 5.92 Å². The molecule has 3 aromatic carbocycles. The third-order valence-electron chi connectivity index (χ3n) is 5.13. The van der Waals surface area contributed by atoms with Crippen LogP contribution in [0.4, 0.5) is 14.9 Å². The Bertz CT molecular complexity index is 1280. The van der Waals surface area contributed by atoms with E-state index in [1.165, 1.54) is 19.2 Å². The molecule has 8 nitrogen and oxygen atoms in total. The van der Waals surface area contributed by atoms with Crippen LogP contribution in [0.5, 0.6) is 17.2 Å². The highest BCUT2D eigenvalue weighted by Gasteiger charge is 2.19. The Morgan fingerprint density at radius 1 is 0.944 bits per heavy atom. The summed E-state index contributed by atoms with van der Waals surface area (Å²) in [5.41, 5.74) is 1.28. The van der Waals surface area contributed by atoms with E-state index < -0.39 is 15.9 Å². The average molecular weight is 517 g/mol. The zero-order valence-corrected chi connectivity index (χ0v) is 21.3. The lowest BCUT2D eigenvalue weighted by Crippen LogP contribution is -2.37. The van der Waals surface area contributed by atoms with Gasteiger partial charge in [-0.2, -0.15) is 8.42 Å². The van der Waals surface area contributed by atoms with E-state index in [-0.39, 0.29) is 29.1 Å². The lowest BCUT2D eigenvalue weighted by molar-refractivity contribution is 0.201. The van der Waals surface area contributed by atoms with Gasteiger partial charge in [0.05, 0.1) is 19.9 Å². The van der Waals surface area contributed by atoms with Crippen LogP contribution >= 0.6 is 0 Å². The van der Waals surface area contributed by atoms with Crippen molar-refractivity contribution in [3.63, 3.8) is 0 Å². The zero-order valence-electron chi connectivity index (χ0n) is 20.5. The van der Waals surface area contributed by atoms with Crippen molar-refractivity contribution < 1.29 is 31.3 Å². The fourth-order valence-electron chi connectivity index (χ4n) is 3.40. The standard InChI is InChI=1S/C26H29FN2O6S/c1-18(2)16-29(26(30)28-24-14-11-22(33-3)15-25(24)34-4)17-19-5-9-21(10-6-19)35-36(31,32)23-12-7-20(27)8-13-23/h5-15,18H,16-17H2,1-4H3,(H,28,30). The number of halogens is 1. The van der Waals surface area contributed by atoms with Gasteiger partial charge in [0.2, 0.25) is 0 Å². The van der Waals surface area contributed by atoms with Crippen LogP contribution in [0.15, 0.2) is 71.6 Å². The lowest BCUT2D eigenvalue weighted by atomic mass is 10.1. The third-order valence-corrected chi connectivity index (χ3v) is 6.39. The number of ether oxygens (including phenoxy) is 2. The Morgan fingerprint density at radius 2 is 1.58 bits per heavy atom. The molecule has 192 valence electrons.